The van der Waals surface area contributed by atoms with E-state index in [9.17, 15) is 0 Å². The Balaban J connectivity index is 1.25. The third-order valence-corrected chi connectivity index (χ3v) is 6.63. The van der Waals surface area contributed by atoms with Crippen molar-refractivity contribution in [2.75, 3.05) is 40.1 Å². The molecule has 0 atom stereocenters. The van der Waals surface area contributed by atoms with Crippen LogP contribution in [0.25, 0.3) is 22.5 Å². The monoisotopic (exact) mass is 450 g/mol. The lowest BCUT2D eigenvalue weighted by Crippen LogP contribution is -2.23. The molecule has 1 N–H and O–H groups in total. The number of nitrogens with one attached hydrogen (secondary N) is 1. The van der Waals surface area contributed by atoms with Crippen molar-refractivity contribution in [3.63, 3.8) is 0 Å². The Hall–Kier alpha value is -2.63. The summed E-state index contributed by atoms with van der Waals surface area (Å²) in [6.07, 6.45) is 3.03. The topological polar surface area (TPSA) is 65.6 Å². The highest BCUT2D eigenvalue weighted by Gasteiger charge is 2.26. The molecule has 3 aromatic rings. The molecule has 0 saturated carbocycles. The first-order valence-electron chi connectivity index (χ1n) is 10.9. The average molecular weight is 451 g/mol. The molecule has 0 amide bonds. The Morgan fingerprint density at radius 2 is 2.12 bits per heavy atom. The number of ether oxygens (including phenoxy) is 4. The zero-order valence-electron chi connectivity index (χ0n) is 18.1. The maximum atomic E-state index is 5.84. The van der Waals surface area contributed by atoms with E-state index < -0.39 is 0 Å². The van der Waals surface area contributed by atoms with Gasteiger partial charge in [0.2, 0.25) is 0 Å². The summed E-state index contributed by atoms with van der Waals surface area (Å²) >= 11 is 1.64. The van der Waals surface area contributed by atoms with Crippen molar-refractivity contribution in [1.82, 2.24) is 10.2 Å². The maximum absolute atomic E-state index is 5.84. The van der Waals surface area contributed by atoms with Crippen LogP contribution < -0.4 is 4.74 Å². The molecule has 1 aliphatic carbocycles. The molecule has 0 spiro atoms. The highest BCUT2D eigenvalue weighted by Crippen LogP contribution is 2.42. The highest BCUT2D eigenvalue weighted by molar-refractivity contribution is 7.11. The van der Waals surface area contributed by atoms with E-state index in [1.807, 2.05) is 6.07 Å². The number of methoxy groups -OCH3 is 1. The first-order valence-corrected chi connectivity index (χ1v) is 11.8. The second-order valence-corrected chi connectivity index (χ2v) is 8.80. The molecule has 5 rings (SSSR count). The first-order chi connectivity index (χ1) is 15.8. The van der Waals surface area contributed by atoms with E-state index in [1.165, 1.54) is 16.7 Å². The fourth-order valence-electron chi connectivity index (χ4n) is 4.13. The molecule has 1 fully saturated rings. The number of benzene rings is 1. The lowest BCUT2D eigenvalue weighted by Gasteiger charge is -2.21. The van der Waals surface area contributed by atoms with Crippen molar-refractivity contribution in [3.8, 4) is 40.1 Å². The van der Waals surface area contributed by atoms with Gasteiger partial charge in [0.1, 0.15) is 19.0 Å². The summed E-state index contributed by atoms with van der Waals surface area (Å²) in [6, 6.07) is 8.34. The van der Waals surface area contributed by atoms with Gasteiger partial charge in [-0.3, -0.25) is 5.10 Å². The molecule has 3 heterocycles. The van der Waals surface area contributed by atoms with Crippen LogP contribution in [0.1, 0.15) is 28.8 Å². The lowest BCUT2D eigenvalue weighted by atomic mass is 10.1. The summed E-state index contributed by atoms with van der Waals surface area (Å²) in [6.45, 7) is 3.15. The van der Waals surface area contributed by atoms with Crippen molar-refractivity contribution >= 4 is 11.3 Å². The number of aromatic nitrogens is 2. The quantitative estimate of drug-likeness (QED) is 0.336. The Kier molecular flexibility index (Phi) is 6.56. The number of hydrogen-bond donors (Lipinski definition) is 1. The molecular weight excluding hydrogens is 424 g/mol. The predicted molar refractivity (Wildman–Crippen MR) is 124 cm³/mol. The Bertz CT molecular complexity index is 1130. The van der Waals surface area contributed by atoms with Crippen molar-refractivity contribution in [3.05, 3.63) is 45.6 Å². The minimum atomic E-state index is 0.274. The summed E-state index contributed by atoms with van der Waals surface area (Å²) in [7, 11) is 1.68. The number of fused-ring (bicyclic) bond motifs is 3. The van der Waals surface area contributed by atoms with Gasteiger partial charge in [-0.2, -0.15) is 5.10 Å². The largest absolute Gasteiger partial charge is 0.491 e. The molecule has 0 bridgehead atoms. The van der Waals surface area contributed by atoms with Gasteiger partial charge in [0, 0.05) is 48.8 Å². The number of aromatic amines is 1. The fraction of sp³-hybridized carbons (Fsp3) is 0.400. The third kappa shape index (κ3) is 4.59. The summed E-state index contributed by atoms with van der Waals surface area (Å²) in [4.78, 5) is 1.02. The van der Waals surface area contributed by atoms with Crippen LogP contribution in [0, 0.1) is 11.8 Å². The van der Waals surface area contributed by atoms with Crippen LogP contribution in [0.15, 0.2) is 29.6 Å². The van der Waals surface area contributed by atoms with E-state index in [0.29, 0.717) is 19.8 Å². The van der Waals surface area contributed by atoms with E-state index in [1.54, 1.807) is 18.4 Å². The molecule has 7 heteroatoms. The second kappa shape index (κ2) is 9.88. The number of nitrogens with zero attached hydrogens (tertiary/aromatic N) is 1. The SMILES string of the molecule is COCCOc1ccc2c(c1)Cc1c(-c3csc(C#CCOC4CCOCC4)c3)n[nH]c1-2. The van der Waals surface area contributed by atoms with E-state index in [4.69, 9.17) is 18.9 Å². The van der Waals surface area contributed by atoms with Gasteiger partial charge in [-0.15, -0.1) is 11.3 Å². The molecule has 1 aliphatic heterocycles. The van der Waals surface area contributed by atoms with E-state index in [2.05, 4.69) is 45.6 Å². The van der Waals surface area contributed by atoms with Gasteiger partial charge in [-0.1, -0.05) is 11.8 Å². The molecule has 0 unspecified atom stereocenters. The van der Waals surface area contributed by atoms with Gasteiger partial charge in [0.25, 0.3) is 0 Å². The summed E-state index contributed by atoms with van der Waals surface area (Å²) in [5, 5.41) is 9.98. The van der Waals surface area contributed by atoms with Crippen LogP contribution in [0.4, 0.5) is 0 Å². The minimum absolute atomic E-state index is 0.274. The summed E-state index contributed by atoms with van der Waals surface area (Å²) in [5.74, 6) is 7.25. The zero-order chi connectivity index (χ0) is 21.8. The molecule has 2 aliphatic rings. The Morgan fingerprint density at radius 3 is 3.00 bits per heavy atom. The van der Waals surface area contributed by atoms with Crippen molar-refractivity contribution in [2.45, 2.75) is 25.4 Å². The first kappa shape index (κ1) is 21.2. The van der Waals surface area contributed by atoms with Crippen molar-refractivity contribution in [1.29, 1.82) is 0 Å². The Morgan fingerprint density at radius 1 is 1.22 bits per heavy atom. The number of rotatable bonds is 7. The van der Waals surface area contributed by atoms with Crippen LogP contribution in [0.5, 0.6) is 5.75 Å². The van der Waals surface area contributed by atoms with E-state index >= 15 is 0 Å². The lowest BCUT2D eigenvalue weighted by molar-refractivity contribution is -0.0206. The number of hydrogen-bond acceptors (Lipinski definition) is 6. The molecule has 166 valence electrons. The summed E-state index contributed by atoms with van der Waals surface area (Å²) in [5.41, 5.74) is 6.88. The molecule has 1 aromatic carbocycles. The third-order valence-electron chi connectivity index (χ3n) is 5.78. The standard InChI is InChI=1S/C25H26N2O4S/c1-28-11-12-31-20-4-5-22-17(13-20)15-23-24(26-27-25(22)23)18-14-21(32-16-18)3-2-8-30-19-6-9-29-10-7-19/h4-5,13-14,16,19H,6-12,15H2,1H3,(H,26,27). The number of thiophene rings is 1. The van der Waals surface area contributed by atoms with Gasteiger partial charge in [-0.25, -0.2) is 0 Å². The highest BCUT2D eigenvalue weighted by atomic mass is 32.1. The zero-order valence-corrected chi connectivity index (χ0v) is 18.9. The molecule has 1 saturated heterocycles. The van der Waals surface area contributed by atoms with Crippen LogP contribution in [0.2, 0.25) is 0 Å². The normalized spacial score (nSPS) is 15.2. The molecule has 6 nitrogen and oxygen atoms in total. The van der Waals surface area contributed by atoms with Crippen LogP contribution >= 0.6 is 11.3 Å². The molecule has 0 radical (unpaired) electrons. The van der Waals surface area contributed by atoms with Gasteiger partial charge in [-0.05, 0) is 42.7 Å². The average Bonchev–Trinajstić information content (AvgIpc) is 3.53. The predicted octanol–water partition coefficient (Wildman–Crippen LogP) is 4.28. The van der Waals surface area contributed by atoms with E-state index in [0.717, 1.165) is 60.1 Å². The fourth-order valence-corrected chi connectivity index (χ4v) is 4.89. The molecule has 32 heavy (non-hydrogen) atoms. The van der Waals surface area contributed by atoms with Crippen LogP contribution in [-0.2, 0) is 20.6 Å². The van der Waals surface area contributed by atoms with Crippen molar-refractivity contribution < 1.29 is 18.9 Å². The van der Waals surface area contributed by atoms with Crippen LogP contribution in [-0.4, -0.2) is 56.4 Å². The Labute approximate surface area is 191 Å². The second-order valence-electron chi connectivity index (χ2n) is 7.89. The van der Waals surface area contributed by atoms with Crippen molar-refractivity contribution in [2.24, 2.45) is 0 Å². The van der Waals surface area contributed by atoms with E-state index in [-0.39, 0.29) is 6.10 Å². The van der Waals surface area contributed by atoms with Gasteiger partial charge >= 0.3 is 0 Å². The summed E-state index contributed by atoms with van der Waals surface area (Å²) < 4.78 is 22.0. The van der Waals surface area contributed by atoms with Gasteiger partial charge in [0.15, 0.2) is 0 Å². The van der Waals surface area contributed by atoms with Gasteiger partial charge in [0.05, 0.1) is 29.0 Å². The van der Waals surface area contributed by atoms with Crippen LogP contribution in [0.3, 0.4) is 0 Å². The molecular formula is C25H26N2O4S. The van der Waals surface area contributed by atoms with Gasteiger partial charge < -0.3 is 18.9 Å². The maximum Gasteiger partial charge on any atom is 0.119 e. The smallest absolute Gasteiger partial charge is 0.119 e. The number of H-pyrrole nitrogens is 1. The molecule has 2 aromatic heterocycles. The minimum Gasteiger partial charge on any atom is -0.491 e.